The van der Waals surface area contributed by atoms with E-state index in [1.165, 1.54) is 24.5 Å². The lowest BCUT2D eigenvalue weighted by Crippen LogP contribution is -2.66. The van der Waals surface area contributed by atoms with E-state index in [-0.39, 0.29) is 23.3 Å². The van der Waals surface area contributed by atoms with Crippen molar-refractivity contribution in [2.24, 2.45) is 5.92 Å². The zero-order valence-corrected chi connectivity index (χ0v) is 15.1. The van der Waals surface area contributed by atoms with Crippen molar-refractivity contribution in [3.05, 3.63) is 47.9 Å². The predicted octanol–water partition coefficient (Wildman–Crippen LogP) is 2.02. The van der Waals surface area contributed by atoms with Gasteiger partial charge in [-0.05, 0) is 37.8 Å². The van der Waals surface area contributed by atoms with Gasteiger partial charge < -0.3 is 14.4 Å². The average Bonchev–Trinajstić information content (AvgIpc) is 3.06. The molecule has 4 heterocycles. The van der Waals surface area contributed by atoms with Gasteiger partial charge in [0.1, 0.15) is 11.3 Å². The summed E-state index contributed by atoms with van der Waals surface area (Å²) < 4.78 is 25.0. The molecule has 2 aliphatic rings. The van der Waals surface area contributed by atoms with Crippen LogP contribution in [0.4, 0.5) is 4.39 Å². The molecular formula is C19H21FN4O3. The molecule has 0 aliphatic carbocycles. The maximum absolute atomic E-state index is 13.6. The Labute approximate surface area is 156 Å². The summed E-state index contributed by atoms with van der Waals surface area (Å²) in [6.07, 6.45) is 6.22. The fourth-order valence-electron chi connectivity index (χ4n) is 3.73. The molecule has 2 aromatic heterocycles. The molecule has 2 aliphatic heterocycles. The van der Waals surface area contributed by atoms with Crippen LogP contribution in [0.3, 0.4) is 0 Å². The van der Waals surface area contributed by atoms with Crippen LogP contribution >= 0.6 is 0 Å². The van der Waals surface area contributed by atoms with E-state index >= 15 is 0 Å². The number of aromatic nitrogens is 3. The van der Waals surface area contributed by atoms with Gasteiger partial charge >= 0.3 is 0 Å². The Morgan fingerprint density at radius 3 is 2.96 bits per heavy atom. The van der Waals surface area contributed by atoms with Gasteiger partial charge in [-0.15, -0.1) is 0 Å². The van der Waals surface area contributed by atoms with Crippen molar-refractivity contribution in [1.82, 2.24) is 19.9 Å². The molecule has 4 rings (SSSR count). The number of carbonyl (C=O) groups excluding carboxylic acids is 1. The minimum Gasteiger partial charge on any atom is -0.476 e. The summed E-state index contributed by atoms with van der Waals surface area (Å²) in [5, 5.41) is 0. The molecule has 0 radical (unpaired) electrons. The lowest BCUT2D eigenvalue weighted by molar-refractivity contribution is -0.119. The molecule has 1 atom stereocenters. The fraction of sp³-hybridized carbons (Fsp3) is 0.474. The Bertz CT molecular complexity index is 824. The van der Waals surface area contributed by atoms with Gasteiger partial charge in [-0.1, -0.05) is 0 Å². The Balaban J connectivity index is 1.32. The highest BCUT2D eigenvalue weighted by Gasteiger charge is 2.54. The number of carbonyl (C=O) groups is 1. The first-order chi connectivity index (χ1) is 13.1. The third kappa shape index (κ3) is 3.49. The highest BCUT2D eigenvalue weighted by molar-refractivity contribution is 5.92. The fourth-order valence-corrected chi connectivity index (χ4v) is 3.73. The molecule has 1 unspecified atom stereocenters. The van der Waals surface area contributed by atoms with Crippen LogP contribution in [0.2, 0.25) is 0 Å². The Hall–Kier alpha value is -2.61. The van der Waals surface area contributed by atoms with Crippen LogP contribution in [-0.2, 0) is 4.74 Å². The van der Waals surface area contributed by atoms with Crippen LogP contribution in [0.25, 0.3) is 0 Å². The summed E-state index contributed by atoms with van der Waals surface area (Å²) in [5.41, 5.74) is 0.786. The number of hydrogen-bond donors (Lipinski definition) is 0. The average molecular weight is 372 g/mol. The molecule has 27 heavy (non-hydrogen) atoms. The number of ether oxygens (including phenoxy) is 2. The maximum atomic E-state index is 13.6. The summed E-state index contributed by atoms with van der Waals surface area (Å²) in [4.78, 5) is 26.4. The zero-order chi connectivity index (χ0) is 18.9. The first-order valence-electron chi connectivity index (χ1n) is 9.03. The lowest BCUT2D eigenvalue weighted by Gasteiger charge is -2.50. The summed E-state index contributed by atoms with van der Waals surface area (Å²) in [6, 6.07) is 2.85. The van der Waals surface area contributed by atoms with Gasteiger partial charge in [0, 0.05) is 19.0 Å². The monoisotopic (exact) mass is 372 g/mol. The van der Waals surface area contributed by atoms with Gasteiger partial charge in [0.2, 0.25) is 5.88 Å². The van der Waals surface area contributed by atoms with Crippen LogP contribution in [0.1, 0.15) is 29.0 Å². The molecule has 2 aromatic rings. The van der Waals surface area contributed by atoms with E-state index in [0.717, 1.165) is 18.5 Å². The molecule has 1 spiro atoms. The van der Waals surface area contributed by atoms with E-state index in [1.54, 1.807) is 11.1 Å². The van der Waals surface area contributed by atoms with E-state index in [9.17, 15) is 9.18 Å². The number of aryl methyl sites for hydroxylation is 1. The molecule has 0 saturated carbocycles. The topological polar surface area (TPSA) is 77.4 Å². The van der Waals surface area contributed by atoms with E-state index in [1.807, 2.05) is 6.92 Å². The molecule has 0 bridgehead atoms. The second-order valence-electron chi connectivity index (χ2n) is 7.03. The third-order valence-electron chi connectivity index (χ3n) is 5.23. The zero-order valence-electron chi connectivity index (χ0n) is 15.1. The number of pyridine rings is 1. The standard InChI is InChI=1S/C19H21FN4O3/c1-13-9-23-16(10-22-13)18(25)24-11-19(12-24)14(5-8-27-19)4-7-26-17-15(20)3-2-6-21-17/h2-3,6,9-10,14H,4-5,7-8,11-12H2,1H3. The molecule has 7 nitrogen and oxygen atoms in total. The van der Waals surface area contributed by atoms with Crippen LogP contribution in [-0.4, -0.2) is 57.7 Å². The lowest BCUT2D eigenvalue weighted by atomic mass is 9.79. The van der Waals surface area contributed by atoms with Gasteiger partial charge in [-0.3, -0.25) is 9.78 Å². The number of halogens is 1. The van der Waals surface area contributed by atoms with E-state index in [4.69, 9.17) is 9.47 Å². The number of amides is 1. The maximum Gasteiger partial charge on any atom is 0.274 e. The van der Waals surface area contributed by atoms with Crippen LogP contribution < -0.4 is 4.74 Å². The second-order valence-corrected chi connectivity index (χ2v) is 7.03. The highest BCUT2D eigenvalue weighted by Crippen LogP contribution is 2.42. The number of likely N-dealkylation sites (tertiary alicyclic amines) is 1. The molecule has 8 heteroatoms. The summed E-state index contributed by atoms with van der Waals surface area (Å²) in [7, 11) is 0. The van der Waals surface area contributed by atoms with E-state index in [0.29, 0.717) is 32.0 Å². The van der Waals surface area contributed by atoms with E-state index < -0.39 is 5.82 Å². The Morgan fingerprint density at radius 1 is 1.37 bits per heavy atom. The Kier molecular flexibility index (Phi) is 4.73. The molecule has 142 valence electrons. The summed E-state index contributed by atoms with van der Waals surface area (Å²) in [5.74, 6) is -0.310. The molecule has 0 N–H and O–H groups in total. The second kappa shape index (κ2) is 7.19. The van der Waals surface area contributed by atoms with Crippen molar-refractivity contribution in [3.8, 4) is 5.88 Å². The molecule has 2 saturated heterocycles. The normalized spacial score (nSPS) is 20.5. The van der Waals surface area contributed by atoms with Gasteiger partial charge in [0.25, 0.3) is 5.91 Å². The van der Waals surface area contributed by atoms with Crippen molar-refractivity contribution >= 4 is 5.91 Å². The highest BCUT2D eigenvalue weighted by atomic mass is 19.1. The smallest absolute Gasteiger partial charge is 0.274 e. The van der Waals surface area contributed by atoms with Crippen LogP contribution in [0.15, 0.2) is 30.7 Å². The van der Waals surface area contributed by atoms with Crippen molar-refractivity contribution < 1.29 is 18.7 Å². The van der Waals surface area contributed by atoms with Gasteiger partial charge in [0.05, 0.1) is 31.6 Å². The Morgan fingerprint density at radius 2 is 2.22 bits per heavy atom. The van der Waals surface area contributed by atoms with Crippen molar-refractivity contribution in [1.29, 1.82) is 0 Å². The number of rotatable bonds is 5. The summed E-state index contributed by atoms with van der Waals surface area (Å²) in [6.45, 7) is 3.92. The molecule has 1 amide bonds. The quantitative estimate of drug-likeness (QED) is 0.799. The third-order valence-corrected chi connectivity index (χ3v) is 5.23. The largest absolute Gasteiger partial charge is 0.476 e. The molecular weight excluding hydrogens is 351 g/mol. The number of hydrogen-bond acceptors (Lipinski definition) is 6. The minimum absolute atomic E-state index is 0.0221. The van der Waals surface area contributed by atoms with Crippen molar-refractivity contribution in [3.63, 3.8) is 0 Å². The SMILES string of the molecule is Cc1cnc(C(=O)N2CC3(C2)OCCC3CCOc2ncccc2F)cn1. The number of nitrogens with zero attached hydrogens (tertiary/aromatic N) is 4. The predicted molar refractivity (Wildman–Crippen MR) is 93.8 cm³/mol. The van der Waals surface area contributed by atoms with E-state index in [2.05, 4.69) is 15.0 Å². The van der Waals surface area contributed by atoms with Gasteiger partial charge in [-0.25, -0.2) is 14.4 Å². The molecule has 0 aromatic carbocycles. The van der Waals surface area contributed by atoms with Crippen molar-refractivity contribution in [2.75, 3.05) is 26.3 Å². The first-order valence-corrected chi connectivity index (χ1v) is 9.03. The first kappa shape index (κ1) is 17.8. The molecule has 2 fully saturated rings. The van der Waals surface area contributed by atoms with Gasteiger partial charge in [-0.2, -0.15) is 0 Å². The van der Waals surface area contributed by atoms with Gasteiger partial charge in [0.15, 0.2) is 5.82 Å². The minimum atomic E-state index is -0.463. The van der Waals surface area contributed by atoms with Crippen molar-refractivity contribution in [2.45, 2.75) is 25.4 Å². The summed E-state index contributed by atoms with van der Waals surface area (Å²) >= 11 is 0. The van der Waals surface area contributed by atoms with Crippen LogP contribution in [0.5, 0.6) is 5.88 Å². The van der Waals surface area contributed by atoms with Crippen LogP contribution in [0, 0.1) is 18.7 Å².